The van der Waals surface area contributed by atoms with Crippen LogP contribution in [0.1, 0.15) is 174 Å². The molecule has 3 atom stereocenters. The SMILES string of the molecule is CCCCC/C=C/CC/C=C/CC/C=C/C(O)C(COP(=O)(O)OCC[N+](C)(C)C)NC(=O)CCCCCCCCC/C=C\CCCCCCCCC. The molecule has 0 saturated heterocycles. The molecule has 0 aliphatic rings. The highest BCUT2D eigenvalue weighted by Gasteiger charge is 2.27. The number of quaternary nitrogens is 1. The smallest absolute Gasteiger partial charge is 0.387 e. The predicted octanol–water partition coefficient (Wildman–Crippen LogP) is 11.7. The molecule has 53 heavy (non-hydrogen) atoms. The van der Waals surface area contributed by atoms with E-state index >= 15 is 0 Å². The predicted molar refractivity (Wildman–Crippen MR) is 226 cm³/mol. The number of amides is 1. The van der Waals surface area contributed by atoms with E-state index in [4.69, 9.17) is 9.05 Å². The minimum atomic E-state index is -4.35. The number of phosphoric acid groups is 1. The molecule has 8 nitrogen and oxygen atoms in total. The van der Waals surface area contributed by atoms with Crippen molar-refractivity contribution in [3.05, 3.63) is 48.6 Å². The lowest BCUT2D eigenvalue weighted by Crippen LogP contribution is -2.45. The van der Waals surface area contributed by atoms with Gasteiger partial charge in [-0.2, -0.15) is 0 Å². The fraction of sp³-hybridized carbons (Fsp3) is 0.795. The zero-order valence-electron chi connectivity index (χ0n) is 35.0. The third-order valence-corrected chi connectivity index (χ3v) is 10.2. The van der Waals surface area contributed by atoms with Crippen LogP contribution >= 0.6 is 7.82 Å². The van der Waals surface area contributed by atoms with Gasteiger partial charge in [0.1, 0.15) is 13.2 Å². The molecule has 0 aliphatic carbocycles. The fourth-order valence-corrected chi connectivity index (χ4v) is 6.51. The number of allylic oxidation sites excluding steroid dienone is 7. The summed E-state index contributed by atoms with van der Waals surface area (Å²) in [4.78, 5) is 23.1. The van der Waals surface area contributed by atoms with Crippen LogP contribution in [-0.2, 0) is 18.4 Å². The van der Waals surface area contributed by atoms with Crippen molar-refractivity contribution in [3.8, 4) is 0 Å². The van der Waals surface area contributed by atoms with E-state index < -0.39 is 20.0 Å². The molecule has 0 aromatic carbocycles. The highest BCUT2D eigenvalue weighted by atomic mass is 31.2. The summed E-state index contributed by atoms with van der Waals surface area (Å²) in [7, 11) is 1.54. The maximum Gasteiger partial charge on any atom is 0.472 e. The molecular formula is C44H84N2O6P+. The Morgan fingerprint density at radius 2 is 1.04 bits per heavy atom. The van der Waals surface area contributed by atoms with Crippen molar-refractivity contribution in [2.45, 2.75) is 187 Å². The van der Waals surface area contributed by atoms with Crippen molar-refractivity contribution in [2.75, 3.05) is 40.9 Å². The van der Waals surface area contributed by atoms with Crippen LogP contribution in [0.5, 0.6) is 0 Å². The number of aliphatic hydroxyl groups excluding tert-OH is 1. The summed E-state index contributed by atoms with van der Waals surface area (Å²) < 4.78 is 23.5. The van der Waals surface area contributed by atoms with Gasteiger partial charge in [-0.3, -0.25) is 13.8 Å². The maximum absolute atomic E-state index is 12.8. The minimum absolute atomic E-state index is 0.0515. The van der Waals surface area contributed by atoms with Crippen molar-refractivity contribution in [1.29, 1.82) is 0 Å². The van der Waals surface area contributed by atoms with E-state index in [2.05, 4.69) is 55.6 Å². The third-order valence-electron chi connectivity index (χ3n) is 9.25. The lowest BCUT2D eigenvalue weighted by atomic mass is 10.1. The molecule has 3 N–H and O–H groups in total. The third kappa shape index (κ3) is 38.5. The number of phosphoric ester groups is 1. The van der Waals surface area contributed by atoms with E-state index in [1.54, 1.807) is 6.08 Å². The number of unbranched alkanes of at least 4 members (excludes halogenated alkanes) is 19. The molecule has 0 aromatic rings. The second-order valence-corrected chi connectivity index (χ2v) is 17.1. The molecule has 0 radical (unpaired) electrons. The molecule has 3 unspecified atom stereocenters. The van der Waals surface area contributed by atoms with Crippen molar-refractivity contribution in [3.63, 3.8) is 0 Å². The average molecular weight is 768 g/mol. The van der Waals surface area contributed by atoms with E-state index in [0.717, 1.165) is 51.4 Å². The Labute approximate surface area is 327 Å². The number of rotatable bonds is 38. The second-order valence-electron chi connectivity index (χ2n) is 15.7. The maximum atomic E-state index is 12.8. The quantitative estimate of drug-likeness (QED) is 0.0250. The largest absolute Gasteiger partial charge is 0.472 e. The van der Waals surface area contributed by atoms with Gasteiger partial charge in [0.2, 0.25) is 5.91 Å². The molecule has 0 fully saturated rings. The van der Waals surface area contributed by atoms with Gasteiger partial charge in [-0.05, 0) is 70.6 Å². The summed E-state index contributed by atoms with van der Waals surface area (Å²) in [6, 6.07) is -0.870. The van der Waals surface area contributed by atoms with Gasteiger partial charge in [-0.15, -0.1) is 0 Å². The molecule has 0 rings (SSSR count). The number of nitrogens with zero attached hydrogens (tertiary/aromatic N) is 1. The summed E-state index contributed by atoms with van der Waals surface area (Å²) >= 11 is 0. The normalized spacial score (nSPS) is 14.9. The first-order chi connectivity index (χ1) is 25.5. The van der Waals surface area contributed by atoms with Gasteiger partial charge in [0.15, 0.2) is 0 Å². The molecule has 0 aromatic heterocycles. The highest BCUT2D eigenvalue weighted by molar-refractivity contribution is 7.47. The first kappa shape index (κ1) is 51.5. The van der Waals surface area contributed by atoms with Crippen molar-refractivity contribution in [1.82, 2.24) is 5.32 Å². The zero-order valence-corrected chi connectivity index (χ0v) is 35.9. The topological polar surface area (TPSA) is 105 Å². The lowest BCUT2D eigenvalue weighted by molar-refractivity contribution is -0.870. The van der Waals surface area contributed by atoms with Gasteiger partial charge in [0.25, 0.3) is 0 Å². The number of likely N-dealkylation sites (N-methyl/N-ethyl adjacent to an activating group) is 1. The van der Waals surface area contributed by atoms with Crippen molar-refractivity contribution in [2.24, 2.45) is 0 Å². The molecule has 0 spiro atoms. The lowest BCUT2D eigenvalue weighted by Gasteiger charge is -2.25. The molecule has 0 heterocycles. The fourth-order valence-electron chi connectivity index (χ4n) is 5.77. The van der Waals surface area contributed by atoms with Crippen LogP contribution in [0.3, 0.4) is 0 Å². The van der Waals surface area contributed by atoms with Gasteiger partial charge >= 0.3 is 7.82 Å². The molecule has 0 bridgehead atoms. The minimum Gasteiger partial charge on any atom is -0.387 e. The van der Waals surface area contributed by atoms with Gasteiger partial charge in [0.05, 0.1) is 39.9 Å². The van der Waals surface area contributed by atoms with E-state index in [9.17, 15) is 19.4 Å². The monoisotopic (exact) mass is 768 g/mol. The molecule has 0 saturated carbocycles. The van der Waals surface area contributed by atoms with E-state index in [1.165, 1.54) is 103 Å². The number of carbonyl (C=O) groups is 1. The Morgan fingerprint density at radius 1 is 0.623 bits per heavy atom. The van der Waals surface area contributed by atoms with Crippen LogP contribution < -0.4 is 5.32 Å². The van der Waals surface area contributed by atoms with Gasteiger partial charge < -0.3 is 19.8 Å². The standard InChI is InChI=1S/C44H83N2O6P/c1-6-8-10-12-14-16-18-20-21-22-23-24-26-28-30-32-34-36-38-44(48)45-42(41-52-53(49,50)51-40-39-46(3,4)5)43(47)37-35-33-31-29-27-25-19-17-15-13-11-9-7-2/h15,17,21-22,27,29,35,37,42-43,47H,6-14,16,18-20,23-26,28,30-34,36,38-41H2,1-5H3,(H-,45,48,49,50)/p+1/b17-15+,22-21-,29-27+,37-35+. The molecule has 310 valence electrons. The average Bonchev–Trinajstić information content (AvgIpc) is 3.10. The van der Waals surface area contributed by atoms with E-state index in [1.807, 2.05) is 27.2 Å². The van der Waals surface area contributed by atoms with Gasteiger partial charge in [0, 0.05) is 6.42 Å². The number of hydrogen-bond acceptors (Lipinski definition) is 5. The molecule has 0 aliphatic heterocycles. The highest BCUT2D eigenvalue weighted by Crippen LogP contribution is 2.43. The Bertz CT molecular complexity index is 1010. The number of hydrogen-bond donors (Lipinski definition) is 3. The first-order valence-electron chi connectivity index (χ1n) is 21.5. The van der Waals surface area contributed by atoms with Crippen LogP contribution in [0.25, 0.3) is 0 Å². The Hall–Kier alpha value is -1.54. The van der Waals surface area contributed by atoms with Gasteiger partial charge in [-0.1, -0.05) is 146 Å². The Morgan fingerprint density at radius 3 is 1.55 bits per heavy atom. The van der Waals surface area contributed by atoms with Crippen molar-refractivity contribution >= 4 is 13.7 Å². The number of aliphatic hydroxyl groups is 1. The first-order valence-corrected chi connectivity index (χ1v) is 23.0. The second kappa shape index (κ2) is 36.1. The molecular weight excluding hydrogens is 683 g/mol. The van der Waals surface area contributed by atoms with Crippen LogP contribution in [0.2, 0.25) is 0 Å². The van der Waals surface area contributed by atoms with Crippen LogP contribution in [0, 0.1) is 0 Å². The summed E-state index contributed by atoms with van der Waals surface area (Å²) in [6.45, 7) is 4.73. The summed E-state index contributed by atoms with van der Waals surface area (Å²) in [5.41, 5.74) is 0. The summed E-state index contributed by atoms with van der Waals surface area (Å²) in [6.07, 6.45) is 44.6. The number of nitrogens with one attached hydrogen (secondary N) is 1. The van der Waals surface area contributed by atoms with E-state index in [0.29, 0.717) is 17.4 Å². The Balaban J connectivity index is 4.49. The zero-order chi connectivity index (χ0) is 39.3. The summed E-state index contributed by atoms with van der Waals surface area (Å²) in [5, 5.41) is 13.8. The van der Waals surface area contributed by atoms with Crippen LogP contribution in [0.4, 0.5) is 0 Å². The molecule has 9 heteroatoms. The van der Waals surface area contributed by atoms with Crippen LogP contribution in [-0.4, -0.2) is 73.4 Å². The van der Waals surface area contributed by atoms with Gasteiger partial charge in [-0.25, -0.2) is 4.57 Å². The van der Waals surface area contributed by atoms with E-state index in [-0.39, 0.29) is 19.1 Å². The summed E-state index contributed by atoms with van der Waals surface area (Å²) in [5.74, 6) is -0.199. The van der Waals surface area contributed by atoms with Crippen molar-refractivity contribution < 1.29 is 32.9 Å². The molecule has 1 amide bonds. The Kier molecular flexibility index (Phi) is 35.1. The van der Waals surface area contributed by atoms with Crippen LogP contribution in [0.15, 0.2) is 48.6 Å². The number of carbonyl (C=O) groups excluding carboxylic acids is 1.